The van der Waals surface area contributed by atoms with Crippen LogP contribution in [0, 0.1) is 233 Å². The molecular formula is C142H220F8. The molecule has 0 aromatic rings. The summed E-state index contributed by atoms with van der Waals surface area (Å²) >= 11 is 0. The Balaban J connectivity index is 0.000000190. The maximum Gasteiger partial charge on any atom is 0.285 e. The Morgan fingerprint density at radius 1 is 0.273 bits per heavy atom. The van der Waals surface area contributed by atoms with Crippen molar-refractivity contribution in [1.82, 2.24) is 0 Å². The number of rotatable bonds is 16. The second-order valence-electron chi connectivity index (χ2n) is 58.0. The molecule has 0 heterocycles. The van der Waals surface area contributed by atoms with Gasteiger partial charge in [0.05, 0.1) is 0 Å². The predicted molar refractivity (Wildman–Crippen MR) is 635 cm³/mol. The van der Waals surface area contributed by atoms with Crippen molar-refractivity contribution in [3.8, 4) is 0 Å². The molecule has 0 aliphatic heterocycles. The fourth-order valence-corrected chi connectivity index (χ4v) is 35.4. The van der Waals surface area contributed by atoms with E-state index in [0.29, 0.717) is 148 Å². The third-order valence-electron chi connectivity index (χ3n) is 42.5. The molecule has 24 atom stereocenters. The predicted octanol–water partition coefficient (Wildman–Crippen LogP) is 44.9. The average molecular weight is 2080 g/mol. The van der Waals surface area contributed by atoms with Gasteiger partial charge in [-0.1, -0.05) is 445 Å². The molecule has 0 bridgehead atoms. The summed E-state index contributed by atoms with van der Waals surface area (Å²) in [6.07, 6.45) is 58.2. The standard InChI is InChI=1S/2C18H28F2.2C18H30.C18H28.C18H26.C17H26F2.C17H24F2/c2*1-11(2)15-7-6-14-10-13(17(19)20)8-9-18(14,5)16(15)12(3)4;4*1-12(2)16-8-7-15-11-14(5)9-10-18(15,6)17(16)13(3)4;2*1-11(2)14-7-6-13-10-17(18,19)9-8-16(13,5)15(14)12(3)4/h10-12,15-16H,6-9H2,1-5H3;6,11-12,15-16H,7-10H2,1-5H3;11-13,16-17H,5,7-10H2,1-4,6H3;7,12-13,16-17H,5,8-11H2,1-4,6H3;9-13,16-17H,5,7-8H2,1-4,6H3;7-13,16-17H,5H2,1-4,6H3;8-12,14-15H,6-7H2,1-5H3;6-12,14-15H,1-5H3/t2*15?,16?,18-;4*16?,17?,18-;2*14?,15?,16-/m00000000/s1. The summed E-state index contributed by atoms with van der Waals surface area (Å²) in [6, 6.07) is 0. The number of allylic oxidation sites excluding steroid dienone is 34. The fraction of sp³-hybridized carbons (Fsp3) is 0.718. The third-order valence-corrected chi connectivity index (χ3v) is 42.5. The molecule has 16 aliphatic carbocycles. The van der Waals surface area contributed by atoms with E-state index < -0.39 is 24.0 Å². The Morgan fingerprint density at radius 2 is 0.600 bits per heavy atom. The molecule has 6 saturated carbocycles. The van der Waals surface area contributed by atoms with Gasteiger partial charge in [0.25, 0.3) is 24.0 Å². The van der Waals surface area contributed by atoms with Gasteiger partial charge in [-0.25, -0.2) is 0 Å². The molecule has 150 heavy (non-hydrogen) atoms. The summed E-state index contributed by atoms with van der Waals surface area (Å²) in [5.41, 5.74) is 17.6. The Labute approximate surface area is 917 Å². The number of fused-ring (bicyclic) bond motifs is 8. The van der Waals surface area contributed by atoms with Crippen LogP contribution in [-0.4, -0.2) is 11.8 Å². The highest BCUT2D eigenvalue weighted by Gasteiger charge is 2.57. The lowest BCUT2D eigenvalue weighted by Gasteiger charge is -2.53. The van der Waals surface area contributed by atoms with Gasteiger partial charge >= 0.3 is 0 Å². The quantitative estimate of drug-likeness (QED) is 0.107. The van der Waals surface area contributed by atoms with E-state index in [-0.39, 0.29) is 38.1 Å². The van der Waals surface area contributed by atoms with Gasteiger partial charge in [0.2, 0.25) is 0 Å². The SMILES string of the molecule is C=C1C=C2CCC(C(C)C)C(C(C)C)[C@@]2(C)CC1.C=C1C=C[C@@]2(C)C(=C1)C=CC(C(C)C)C2C(C)C.C=C1C=C[C@@]2(C)C(=C1)CCC(C(C)C)C2C(C)C.C=C1CC[C@@]2(C)C(=CCC(C(C)C)C2C(C)C)C1.CC(C)C1C=CC2=CC(F)(F)C=C[C@]2(C)C1C(C)C.CC(C)C1CC=C2CC(=C(F)F)CC[C@]2(C)C1C(C)C.CC(C)C1CCC2=CC(=C(F)F)CC[C@]2(C)C1C(C)C.CC(C)C1CCC2=CC(F)(F)C=C[C@]2(C)C1C(C)C. The maximum absolute atomic E-state index is 13.6. The van der Waals surface area contributed by atoms with Crippen molar-refractivity contribution >= 4 is 0 Å². The first-order valence-electron chi connectivity index (χ1n) is 60.7. The van der Waals surface area contributed by atoms with Gasteiger partial charge in [0.1, 0.15) is 0 Å². The average Bonchev–Trinajstić information content (AvgIpc) is 0.733. The first-order valence-corrected chi connectivity index (χ1v) is 60.7. The Hall–Kier alpha value is -5.76. The largest absolute Gasteiger partial charge is 0.285 e. The van der Waals surface area contributed by atoms with E-state index in [0.717, 1.165) is 157 Å². The summed E-state index contributed by atoms with van der Waals surface area (Å²) in [6.45, 7) is 110. The Morgan fingerprint density at radius 3 is 1.01 bits per heavy atom. The highest BCUT2D eigenvalue weighted by atomic mass is 19.3. The lowest BCUT2D eigenvalue weighted by atomic mass is 9.52. The Bertz CT molecular complexity index is 5130. The number of halogens is 8. The van der Waals surface area contributed by atoms with Crippen molar-refractivity contribution in [2.45, 2.75) is 417 Å². The zero-order valence-electron chi connectivity index (χ0n) is 103. The molecule has 0 N–H and O–H groups in total. The maximum atomic E-state index is 13.6. The van der Waals surface area contributed by atoms with Crippen LogP contribution in [0.5, 0.6) is 0 Å². The highest BCUT2D eigenvalue weighted by Crippen LogP contribution is 2.66. The molecule has 16 aliphatic rings. The number of hydrogen-bond donors (Lipinski definition) is 0. The van der Waals surface area contributed by atoms with Gasteiger partial charge < -0.3 is 0 Å². The fourth-order valence-electron chi connectivity index (χ4n) is 35.4. The summed E-state index contributed by atoms with van der Waals surface area (Å²) in [4.78, 5) is 0. The molecule has 0 aromatic carbocycles. The van der Waals surface area contributed by atoms with Crippen LogP contribution in [0.1, 0.15) is 405 Å². The van der Waals surface area contributed by atoms with Crippen molar-refractivity contribution < 1.29 is 35.1 Å². The molecule has 8 heteroatoms. The minimum Gasteiger partial charge on any atom is -0.197 e. The molecular weight excluding hydrogens is 1860 g/mol. The summed E-state index contributed by atoms with van der Waals surface area (Å²) in [5.74, 6) is 16.2. The van der Waals surface area contributed by atoms with Gasteiger partial charge in [0.15, 0.2) is 0 Å². The van der Waals surface area contributed by atoms with Crippen LogP contribution in [0.3, 0.4) is 0 Å². The molecule has 6 fully saturated rings. The van der Waals surface area contributed by atoms with Gasteiger partial charge in [-0.2, -0.15) is 35.1 Å². The minimum absolute atomic E-state index is 0.125. The third kappa shape index (κ3) is 28.0. The van der Waals surface area contributed by atoms with Crippen molar-refractivity contribution in [2.24, 2.45) is 233 Å². The van der Waals surface area contributed by atoms with E-state index >= 15 is 0 Å². The van der Waals surface area contributed by atoms with E-state index in [2.05, 4.69) is 376 Å². The van der Waals surface area contributed by atoms with E-state index in [1.165, 1.54) is 104 Å². The summed E-state index contributed by atoms with van der Waals surface area (Å²) in [5, 5.41) is 0. The molecule has 0 radical (unpaired) electrons. The summed E-state index contributed by atoms with van der Waals surface area (Å²) in [7, 11) is 0. The monoisotopic (exact) mass is 2080 g/mol. The lowest BCUT2D eigenvalue weighted by Crippen LogP contribution is -2.44. The highest BCUT2D eigenvalue weighted by molar-refractivity contribution is 5.50. The van der Waals surface area contributed by atoms with Crippen molar-refractivity contribution in [3.63, 3.8) is 0 Å². The second kappa shape index (κ2) is 51.1. The molecule has 0 nitrogen and oxygen atoms in total. The molecule has 0 saturated heterocycles. The molecule has 16 unspecified atom stereocenters. The van der Waals surface area contributed by atoms with Gasteiger partial charge in [-0.3, -0.25) is 0 Å². The molecule has 0 spiro atoms. The van der Waals surface area contributed by atoms with E-state index in [4.69, 9.17) is 0 Å². The van der Waals surface area contributed by atoms with Crippen LogP contribution in [-0.2, 0) is 0 Å². The van der Waals surface area contributed by atoms with Crippen LogP contribution < -0.4 is 0 Å². The van der Waals surface area contributed by atoms with Crippen molar-refractivity contribution in [1.29, 1.82) is 0 Å². The number of alkyl halides is 4. The normalized spacial score (nSPS) is 35.9. The van der Waals surface area contributed by atoms with Crippen LogP contribution >= 0.6 is 0 Å². The molecule has 844 valence electrons. The first kappa shape index (κ1) is 128. The topological polar surface area (TPSA) is 0 Å². The minimum atomic E-state index is -2.80. The van der Waals surface area contributed by atoms with Crippen LogP contribution in [0.25, 0.3) is 0 Å². The van der Waals surface area contributed by atoms with E-state index in [1.54, 1.807) is 28.9 Å². The zero-order chi connectivity index (χ0) is 113. The smallest absolute Gasteiger partial charge is 0.197 e. The van der Waals surface area contributed by atoms with Gasteiger partial charge in [-0.15, -0.1) is 0 Å². The first-order chi connectivity index (χ1) is 69.3. The molecule has 16 rings (SSSR count). The zero-order valence-corrected chi connectivity index (χ0v) is 103. The van der Waals surface area contributed by atoms with Crippen LogP contribution in [0.2, 0.25) is 0 Å². The van der Waals surface area contributed by atoms with E-state index in [9.17, 15) is 35.1 Å². The molecule has 0 amide bonds. The Kier molecular flexibility index (Phi) is 43.5. The lowest BCUT2D eigenvalue weighted by molar-refractivity contribution is 0.0339. The van der Waals surface area contributed by atoms with E-state index in [1.807, 2.05) is 12.2 Å². The summed E-state index contributed by atoms with van der Waals surface area (Å²) < 4.78 is 106. The molecule has 0 aromatic heterocycles. The number of hydrogen-bond acceptors (Lipinski definition) is 0. The van der Waals surface area contributed by atoms with Gasteiger partial charge in [-0.05, 0) is 392 Å². The van der Waals surface area contributed by atoms with Crippen LogP contribution in [0.15, 0.2) is 238 Å². The van der Waals surface area contributed by atoms with Crippen LogP contribution in [0.4, 0.5) is 35.1 Å². The second-order valence-corrected chi connectivity index (χ2v) is 58.0. The van der Waals surface area contributed by atoms with Gasteiger partial charge in [0, 0.05) is 27.2 Å². The van der Waals surface area contributed by atoms with Crippen molar-refractivity contribution in [2.75, 3.05) is 0 Å². The van der Waals surface area contributed by atoms with Crippen molar-refractivity contribution in [3.05, 3.63) is 238 Å².